The van der Waals surface area contributed by atoms with Crippen LogP contribution in [0.2, 0.25) is 0 Å². The first-order valence-corrected chi connectivity index (χ1v) is 7.78. The Morgan fingerprint density at radius 2 is 2.05 bits per heavy atom. The van der Waals surface area contributed by atoms with E-state index in [1.54, 1.807) is 31.3 Å². The minimum atomic E-state index is -4.03. The van der Waals surface area contributed by atoms with E-state index in [-0.39, 0.29) is 11.3 Å². The third-order valence-electron chi connectivity index (χ3n) is 3.00. The van der Waals surface area contributed by atoms with Gasteiger partial charge in [-0.25, -0.2) is 17.5 Å². The number of pyridine rings is 1. The van der Waals surface area contributed by atoms with Crippen molar-refractivity contribution in [2.75, 3.05) is 5.73 Å². The molecule has 2 rings (SSSR count). The predicted octanol–water partition coefficient (Wildman–Crippen LogP) is 2.15. The van der Waals surface area contributed by atoms with Crippen LogP contribution in [0.5, 0.6) is 0 Å². The van der Waals surface area contributed by atoms with Gasteiger partial charge in [0.1, 0.15) is 10.7 Å². The molecule has 21 heavy (non-hydrogen) atoms. The summed E-state index contributed by atoms with van der Waals surface area (Å²) in [5.74, 6) is -0.801. The maximum absolute atomic E-state index is 14.0. The summed E-state index contributed by atoms with van der Waals surface area (Å²) < 4.78 is 41.1. The molecule has 1 unspecified atom stereocenters. The molecule has 0 amide bonds. The van der Waals surface area contributed by atoms with Gasteiger partial charge in [0.25, 0.3) is 0 Å². The minimum Gasteiger partial charge on any atom is -0.399 e. The van der Waals surface area contributed by atoms with Crippen molar-refractivity contribution in [3.05, 3.63) is 53.6 Å². The van der Waals surface area contributed by atoms with E-state index in [0.717, 1.165) is 6.07 Å². The molecular weight excluding hydrogens is 293 g/mol. The number of benzene rings is 1. The number of nitrogen functional groups attached to an aromatic ring is 1. The normalized spacial score (nSPS) is 13.1. The lowest BCUT2D eigenvalue weighted by atomic mass is 10.2. The van der Waals surface area contributed by atoms with E-state index >= 15 is 0 Å². The largest absolute Gasteiger partial charge is 0.399 e. The first kappa shape index (κ1) is 15.4. The van der Waals surface area contributed by atoms with E-state index in [1.165, 1.54) is 13.0 Å². The van der Waals surface area contributed by atoms with Crippen molar-refractivity contribution < 1.29 is 12.8 Å². The Morgan fingerprint density at radius 1 is 1.33 bits per heavy atom. The molecule has 1 aromatic heterocycles. The zero-order valence-electron chi connectivity index (χ0n) is 11.7. The molecule has 0 bridgehead atoms. The number of halogens is 1. The van der Waals surface area contributed by atoms with Gasteiger partial charge in [-0.05, 0) is 43.7 Å². The van der Waals surface area contributed by atoms with Gasteiger partial charge in [-0.3, -0.25) is 4.98 Å². The van der Waals surface area contributed by atoms with Crippen LogP contribution < -0.4 is 10.5 Å². The second-order valence-electron chi connectivity index (χ2n) is 4.75. The summed E-state index contributed by atoms with van der Waals surface area (Å²) in [6, 6.07) is 7.07. The lowest BCUT2D eigenvalue weighted by Crippen LogP contribution is -2.28. The molecule has 0 aliphatic carbocycles. The summed E-state index contributed by atoms with van der Waals surface area (Å²) in [6.45, 7) is 3.10. The maximum atomic E-state index is 14.0. The molecule has 1 atom stereocenters. The number of aromatic nitrogens is 1. The molecular formula is C14H16FN3O2S. The van der Waals surface area contributed by atoms with Crippen LogP contribution in [0.25, 0.3) is 0 Å². The summed E-state index contributed by atoms with van der Waals surface area (Å²) in [5.41, 5.74) is 6.51. The van der Waals surface area contributed by atoms with Crippen molar-refractivity contribution in [3.8, 4) is 0 Å². The van der Waals surface area contributed by atoms with Crippen molar-refractivity contribution >= 4 is 15.7 Å². The Balaban J connectivity index is 2.35. The summed E-state index contributed by atoms with van der Waals surface area (Å²) in [5, 5.41) is 0. The van der Waals surface area contributed by atoms with Gasteiger partial charge in [0, 0.05) is 11.9 Å². The van der Waals surface area contributed by atoms with Crippen molar-refractivity contribution in [2.45, 2.75) is 24.8 Å². The van der Waals surface area contributed by atoms with Crippen LogP contribution in [0.4, 0.5) is 10.1 Å². The first-order chi connectivity index (χ1) is 9.81. The molecule has 0 fully saturated rings. The molecule has 0 aliphatic heterocycles. The smallest absolute Gasteiger partial charge is 0.244 e. The van der Waals surface area contributed by atoms with Crippen molar-refractivity contribution in [2.24, 2.45) is 0 Å². The highest BCUT2D eigenvalue weighted by Gasteiger charge is 2.24. The number of nitrogens with zero attached hydrogens (tertiary/aromatic N) is 1. The Kier molecular flexibility index (Phi) is 4.24. The second-order valence-corrected chi connectivity index (χ2v) is 6.43. The maximum Gasteiger partial charge on any atom is 0.244 e. The standard InChI is InChI=1S/C14H16FN3O2S/c1-9-7-11(16)8-13(14(9)15)21(19,20)18-10(2)12-5-3-4-6-17-12/h3-8,10,18H,16H2,1-2H3. The number of hydrogen-bond donors (Lipinski definition) is 2. The van der Waals surface area contributed by atoms with Crippen molar-refractivity contribution in [3.63, 3.8) is 0 Å². The molecule has 1 aromatic carbocycles. The lowest BCUT2D eigenvalue weighted by molar-refractivity contribution is 0.542. The molecule has 0 radical (unpaired) electrons. The first-order valence-electron chi connectivity index (χ1n) is 6.30. The zero-order chi connectivity index (χ0) is 15.6. The fraction of sp³-hybridized carbons (Fsp3) is 0.214. The molecule has 1 heterocycles. The van der Waals surface area contributed by atoms with E-state index in [2.05, 4.69) is 9.71 Å². The number of aryl methyl sites for hydroxylation is 1. The molecule has 2 aromatic rings. The third kappa shape index (κ3) is 3.37. The van der Waals surface area contributed by atoms with Crippen LogP contribution in [-0.4, -0.2) is 13.4 Å². The van der Waals surface area contributed by atoms with Crippen molar-refractivity contribution in [1.29, 1.82) is 0 Å². The van der Waals surface area contributed by atoms with Crippen LogP contribution in [-0.2, 0) is 10.0 Å². The Morgan fingerprint density at radius 3 is 2.67 bits per heavy atom. The van der Waals surface area contributed by atoms with Gasteiger partial charge in [0.2, 0.25) is 10.0 Å². The predicted molar refractivity (Wildman–Crippen MR) is 78.5 cm³/mol. The number of rotatable bonds is 4. The Bertz CT molecular complexity index is 748. The Labute approximate surface area is 123 Å². The SMILES string of the molecule is Cc1cc(N)cc(S(=O)(=O)NC(C)c2ccccn2)c1F. The van der Waals surface area contributed by atoms with Gasteiger partial charge in [-0.1, -0.05) is 6.07 Å². The van der Waals surface area contributed by atoms with E-state index in [1.807, 2.05) is 0 Å². The number of nitrogens with one attached hydrogen (secondary N) is 1. The summed E-state index contributed by atoms with van der Waals surface area (Å²) in [4.78, 5) is 3.61. The van der Waals surface area contributed by atoms with Crippen LogP contribution >= 0.6 is 0 Å². The van der Waals surface area contributed by atoms with Gasteiger partial charge >= 0.3 is 0 Å². The van der Waals surface area contributed by atoms with Gasteiger partial charge in [0.15, 0.2) is 0 Å². The highest BCUT2D eigenvalue weighted by molar-refractivity contribution is 7.89. The number of sulfonamides is 1. The molecule has 0 saturated heterocycles. The average Bonchev–Trinajstić information content (AvgIpc) is 2.43. The van der Waals surface area contributed by atoms with Crippen molar-refractivity contribution in [1.82, 2.24) is 9.71 Å². The minimum absolute atomic E-state index is 0.181. The van der Waals surface area contributed by atoms with Crippen LogP contribution in [0.3, 0.4) is 0 Å². The van der Waals surface area contributed by atoms with Crippen LogP contribution in [0, 0.1) is 12.7 Å². The van der Waals surface area contributed by atoms with Gasteiger partial charge in [-0.15, -0.1) is 0 Å². The van der Waals surface area contributed by atoms with Gasteiger partial charge in [0.05, 0.1) is 11.7 Å². The molecule has 0 spiro atoms. The highest BCUT2D eigenvalue weighted by Crippen LogP contribution is 2.23. The van der Waals surface area contributed by atoms with Gasteiger partial charge in [-0.2, -0.15) is 0 Å². The number of nitrogens with two attached hydrogens (primary N) is 1. The molecule has 3 N–H and O–H groups in total. The monoisotopic (exact) mass is 309 g/mol. The van der Waals surface area contributed by atoms with E-state index in [0.29, 0.717) is 5.69 Å². The number of anilines is 1. The fourth-order valence-corrected chi connectivity index (χ4v) is 3.35. The van der Waals surface area contributed by atoms with E-state index in [9.17, 15) is 12.8 Å². The third-order valence-corrected chi connectivity index (χ3v) is 4.54. The molecule has 5 nitrogen and oxygen atoms in total. The van der Waals surface area contributed by atoms with Crippen LogP contribution in [0.1, 0.15) is 24.2 Å². The molecule has 0 saturated carbocycles. The topological polar surface area (TPSA) is 85.1 Å². The fourth-order valence-electron chi connectivity index (χ4n) is 1.95. The van der Waals surface area contributed by atoms with E-state index in [4.69, 9.17) is 5.73 Å². The zero-order valence-corrected chi connectivity index (χ0v) is 12.5. The van der Waals surface area contributed by atoms with E-state index < -0.39 is 26.8 Å². The summed E-state index contributed by atoms with van der Waals surface area (Å²) >= 11 is 0. The summed E-state index contributed by atoms with van der Waals surface area (Å²) in [6.07, 6.45) is 1.56. The van der Waals surface area contributed by atoms with Crippen LogP contribution in [0.15, 0.2) is 41.4 Å². The second kappa shape index (κ2) is 5.79. The summed E-state index contributed by atoms with van der Waals surface area (Å²) in [7, 11) is -4.03. The Hall–Kier alpha value is -1.99. The quantitative estimate of drug-likeness (QED) is 0.847. The highest BCUT2D eigenvalue weighted by atomic mass is 32.2. The molecule has 112 valence electrons. The number of hydrogen-bond acceptors (Lipinski definition) is 4. The molecule has 0 aliphatic rings. The van der Waals surface area contributed by atoms with Gasteiger partial charge < -0.3 is 5.73 Å². The average molecular weight is 309 g/mol. The lowest BCUT2D eigenvalue weighted by Gasteiger charge is -2.15. The molecule has 7 heteroatoms.